The molecule has 0 radical (unpaired) electrons. The molecule has 7 nitrogen and oxygen atoms in total. The number of amides is 2. The second-order valence-electron chi connectivity index (χ2n) is 6.30. The predicted octanol–water partition coefficient (Wildman–Crippen LogP) is 1.47. The van der Waals surface area contributed by atoms with Crippen LogP contribution in [0, 0.1) is 11.3 Å². The Balaban J connectivity index is 1.47. The summed E-state index contributed by atoms with van der Waals surface area (Å²) < 4.78 is 1.81. The van der Waals surface area contributed by atoms with Crippen molar-refractivity contribution in [1.29, 1.82) is 5.26 Å². The predicted molar refractivity (Wildman–Crippen MR) is 92.0 cm³/mol. The van der Waals surface area contributed by atoms with Crippen molar-refractivity contribution in [2.24, 2.45) is 0 Å². The van der Waals surface area contributed by atoms with E-state index in [2.05, 4.69) is 10.4 Å². The Hall–Kier alpha value is -2.85. The van der Waals surface area contributed by atoms with Gasteiger partial charge in [-0.05, 0) is 24.6 Å². The molecule has 1 saturated heterocycles. The lowest BCUT2D eigenvalue weighted by atomic mass is 10.0. The van der Waals surface area contributed by atoms with E-state index in [0.29, 0.717) is 25.9 Å². The van der Waals surface area contributed by atoms with Crippen molar-refractivity contribution in [2.75, 3.05) is 19.6 Å². The number of β-amino-alcohol motifs (C(OH)–C–C–N with tert-alkyl or cyclic N) is 1. The molecule has 0 bridgehead atoms. The van der Waals surface area contributed by atoms with Crippen LogP contribution in [0.25, 0.3) is 5.69 Å². The molecule has 2 aromatic rings. The normalized spacial score (nSPS) is 19.6. The fourth-order valence-corrected chi connectivity index (χ4v) is 2.95. The zero-order chi connectivity index (χ0) is 17.7. The molecule has 2 N–H and O–H groups in total. The van der Waals surface area contributed by atoms with Crippen LogP contribution in [0.5, 0.6) is 0 Å². The molecule has 130 valence electrons. The fourth-order valence-electron chi connectivity index (χ4n) is 2.95. The molecule has 0 saturated carbocycles. The van der Waals surface area contributed by atoms with Gasteiger partial charge in [0.1, 0.15) is 0 Å². The molecule has 1 aromatic heterocycles. The van der Waals surface area contributed by atoms with Gasteiger partial charge in [0.05, 0.1) is 36.0 Å². The highest BCUT2D eigenvalue weighted by Gasteiger charge is 2.37. The second kappa shape index (κ2) is 7.36. The number of rotatable bonds is 5. The number of benzene rings is 1. The number of para-hydroxylation sites is 1. The standard InChI is InChI=1S/C18H21N5O2/c19-10-8-18(25)9-13-22(14-18)17(24)20-11-6-15-7-12-23(21-15)16-4-2-1-3-5-16/h1-5,7,12,25H,6,8-9,11,13-14H2,(H,20,24). The van der Waals surface area contributed by atoms with E-state index >= 15 is 0 Å². The molecular formula is C18H21N5O2. The third kappa shape index (κ3) is 4.17. The van der Waals surface area contributed by atoms with Crippen LogP contribution < -0.4 is 5.32 Å². The van der Waals surface area contributed by atoms with Crippen molar-refractivity contribution >= 4 is 6.03 Å². The lowest BCUT2D eigenvalue weighted by Crippen LogP contribution is -2.42. The van der Waals surface area contributed by atoms with Crippen molar-refractivity contribution in [1.82, 2.24) is 20.0 Å². The third-order valence-electron chi connectivity index (χ3n) is 4.35. The van der Waals surface area contributed by atoms with E-state index in [9.17, 15) is 9.90 Å². The first-order valence-corrected chi connectivity index (χ1v) is 8.32. The van der Waals surface area contributed by atoms with Crippen LogP contribution in [0.3, 0.4) is 0 Å². The fraction of sp³-hybridized carbons (Fsp3) is 0.389. The zero-order valence-corrected chi connectivity index (χ0v) is 13.9. The molecular weight excluding hydrogens is 318 g/mol. The summed E-state index contributed by atoms with van der Waals surface area (Å²) in [6.07, 6.45) is 3.01. The van der Waals surface area contributed by atoms with E-state index in [1.54, 1.807) is 9.58 Å². The van der Waals surface area contributed by atoms with Gasteiger partial charge in [0, 0.05) is 25.7 Å². The summed E-state index contributed by atoms with van der Waals surface area (Å²) in [7, 11) is 0. The monoisotopic (exact) mass is 339 g/mol. The summed E-state index contributed by atoms with van der Waals surface area (Å²) >= 11 is 0. The van der Waals surface area contributed by atoms with Gasteiger partial charge in [0.2, 0.25) is 0 Å². The van der Waals surface area contributed by atoms with E-state index in [1.807, 2.05) is 48.7 Å². The largest absolute Gasteiger partial charge is 0.387 e. The van der Waals surface area contributed by atoms with Crippen LogP contribution in [0.2, 0.25) is 0 Å². The number of nitrogens with zero attached hydrogens (tertiary/aromatic N) is 4. The Labute approximate surface area is 146 Å². The van der Waals surface area contributed by atoms with Crippen LogP contribution in [0.1, 0.15) is 18.5 Å². The SMILES string of the molecule is N#CCC1(O)CCN(C(=O)NCCc2ccn(-c3ccccc3)n2)C1. The molecule has 2 heterocycles. The van der Waals surface area contributed by atoms with Crippen molar-refractivity contribution in [3.63, 3.8) is 0 Å². The first kappa shape index (κ1) is 17.0. The number of hydrogen-bond donors (Lipinski definition) is 2. The van der Waals surface area contributed by atoms with Gasteiger partial charge in [-0.15, -0.1) is 0 Å². The number of aromatic nitrogens is 2. The number of nitrogens with one attached hydrogen (secondary N) is 1. The lowest BCUT2D eigenvalue weighted by Gasteiger charge is -2.20. The number of nitriles is 1. The smallest absolute Gasteiger partial charge is 0.317 e. The van der Waals surface area contributed by atoms with Gasteiger partial charge in [-0.2, -0.15) is 10.4 Å². The molecule has 3 rings (SSSR count). The second-order valence-corrected chi connectivity index (χ2v) is 6.30. The van der Waals surface area contributed by atoms with Crippen molar-refractivity contribution in [3.05, 3.63) is 48.3 Å². The highest BCUT2D eigenvalue weighted by molar-refractivity contribution is 5.74. The lowest BCUT2D eigenvalue weighted by molar-refractivity contribution is 0.0572. The maximum Gasteiger partial charge on any atom is 0.317 e. The first-order chi connectivity index (χ1) is 12.1. The molecule has 1 aliphatic heterocycles. The minimum Gasteiger partial charge on any atom is -0.387 e. The van der Waals surface area contributed by atoms with Crippen LogP contribution >= 0.6 is 0 Å². The number of likely N-dealkylation sites (tertiary alicyclic amines) is 1. The molecule has 1 unspecified atom stereocenters. The number of carbonyl (C=O) groups excluding carboxylic acids is 1. The van der Waals surface area contributed by atoms with Gasteiger partial charge in [-0.3, -0.25) is 0 Å². The Bertz CT molecular complexity index is 767. The van der Waals surface area contributed by atoms with Crippen LogP contribution in [0.4, 0.5) is 4.79 Å². The minimum absolute atomic E-state index is 0.0493. The third-order valence-corrected chi connectivity index (χ3v) is 4.35. The molecule has 7 heteroatoms. The van der Waals surface area contributed by atoms with E-state index in [0.717, 1.165) is 11.4 Å². The number of carbonyl (C=O) groups is 1. The molecule has 1 fully saturated rings. The van der Waals surface area contributed by atoms with Crippen molar-refractivity contribution < 1.29 is 9.90 Å². The summed E-state index contributed by atoms with van der Waals surface area (Å²) in [4.78, 5) is 13.7. The number of hydrogen-bond acceptors (Lipinski definition) is 4. The molecule has 0 spiro atoms. The van der Waals surface area contributed by atoms with E-state index in [-0.39, 0.29) is 19.0 Å². The first-order valence-electron chi connectivity index (χ1n) is 8.32. The van der Waals surface area contributed by atoms with E-state index in [4.69, 9.17) is 5.26 Å². The topological polar surface area (TPSA) is 94.2 Å². The molecule has 2 amide bonds. The van der Waals surface area contributed by atoms with Crippen molar-refractivity contribution in [2.45, 2.75) is 24.9 Å². The molecule has 25 heavy (non-hydrogen) atoms. The maximum atomic E-state index is 12.1. The molecule has 1 aromatic carbocycles. The Morgan fingerprint density at radius 3 is 2.92 bits per heavy atom. The summed E-state index contributed by atoms with van der Waals surface area (Å²) in [6, 6.07) is 13.5. The molecule has 0 aliphatic carbocycles. The Kier molecular flexibility index (Phi) is 5.00. The van der Waals surface area contributed by atoms with E-state index in [1.165, 1.54) is 0 Å². The number of urea groups is 1. The average Bonchev–Trinajstić information content (AvgIpc) is 3.23. The summed E-state index contributed by atoms with van der Waals surface area (Å²) in [5.41, 5.74) is 0.818. The summed E-state index contributed by atoms with van der Waals surface area (Å²) in [5.74, 6) is 0. The highest BCUT2D eigenvalue weighted by atomic mass is 16.3. The van der Waals surface area contributed by atoms with Gasteiger partial charge >= 0.3 is 6.03 Å². The zero-order valence-electron chi connectivity index (χ0n) is 13.9. The molecule has 1 aliphatic rings. The van der Waals surface area contributed by atoms with Gasteiger partial charge in [0.15, 0.2) is 0 Å². The minimum atomic E-state index is -1.07. The van der Waals surface area contributed by atoms with Crippen LogP contribution in [-0.4, -0.2) is 51.1 Å². The maximum absolute atomic E-state index is 12.1. The quantitative estimate of drug-likeness (QED) is 0.862. The van der Waals surface area contributed by atoms with Gasteiger partial charge < -0.3 is 15.3 Å². The van der Waals surface area contributed by atoms with Gasteiger partial charge in [-0.25, -0.2) is 9.48 Å². The molecule has 1 atom stereocenters. The van der Waals surface area contributed by atoms with E-state index < -0.39 is 5.60 Å². The summed E-state index contributed by atoms with van der Waals surface area (Å²) in [5, 5.41) is 26.2. The Morgan fingerprint density at radius 2 is 2.16 bits per heavy atom. The highest BCUT2D eigenvalue weighted by Crippen LogP contribution is 2.24. The Morgan fingerprint density at radius 1 is 1.36 bits per heavy atom. The van der Waals surface area contributed by atoms with Gasteiger partial charge in [-0.1, -0.05) is 18.2 Å². The summed E-state index contributed by atoms with van der Waals surface area (Å²) in [6.45, 7) is 1.14. The van der Waals surface area contributed by atoms with Crippen LogP contribution in [-0.2, 0) is 6.42 Å². The van der Waals surface area contributed by atoms with Crippen molar-refractivity contribution in [3.8, 4) is 11.8 Å². The van der Waals surface area contributed by atoms with Crippen LogP contribution in [0.15, 0.2) is 42.6 Å². The van der Waals surface area contributed by atoms with Gasteiger partial charge in [0.25, 0.3) is 0 Å². The average molecular weight is 339 g/mol. The number of aliphatic hydroxyl groups is 1.